The van der Waals surface area contributed by atoms with Gasteiger partial charge in [-0.1, -0.05) is 5.16 Å². The number of aromatic nitrogens is 5. The zero-order valence-corrected chi connectivity index (χ0v) is 15.8. The molecule has 4 aromatic heterocycles. The lowest BCUT2D eigenvalue weighted by Gasteiger charge is -2.29. The lowest BCUT2D eigenvalue weighted by Crippen LogP contribution is -2.31. The number of aryl methyl sites for hydroxylation is 2. The molecule has 0 amide bonds. The summed E-state index contributed by atoms with van der Waals surface area (Å²) in [5, 5.41) is 4.21. The minimum atomic E-state index is 0.451. The van der Waals surface area contributed by atoms with Crippen LogP contribution in [0.2, 0.25) is 0 Å². The zero-order valence-electron chi connectivity index (χ0n) is 15.8. The largest absolute Gasteiger partial charge is 0.472 e. The molecule has 0 spiro atoms. The van der Waals surface area contributed by atoms with Crippen molar-refractivity contribution < 1.29 is 8.94 Å². The van der Waals surface area contributed by atoms with E-state index in [9.17, 15) is 0 Å². The molecule has 0 atom stereocenters. The van der Waals surface area contributed by atoms with Gasteiger partial charge in [-0.25, -0.2) is 4.98 Å². The Bertz CT molecular complexity index is 1110. The number of rotatable bonds is 4. The number of pyridine rings is 1. The van der Waals surface area contributed by atoms with Crippen LogP contribution in [0.15, 0.2) is 40.1 Å². The molecule has 1 aliphatic rings. The van der Waals surface area contributed by atoms with E-state index in [0.717, 1.165) is 54.3 Å². The molecule has 1 N–H and O–H groups in total. The maximum Gasteiger partial charge on any atom is 0.261 e. The van der Waals surface area contributed by atoms with Crippen molar-refractivity contribution in [3.8, 4) is 22.8 Å². The molecule has 0 saturated heterocycles. The van der Waals surface area contributed by atoms with Crippen molar-refractivity contribution in [1.29, 1.82) is 0 Å². The predicted octanol–water partition coefficient (Wildman–Crippen LogP) is 3.29. The summed E-state index contributed by atoms with van der Waals surface area (Å²) in [7, 11) is 0. The second kappa shape index (κ2) is 6.72. The first-order valence-corrected chi connectivity index (χ1v) is 9.24. The highest BCUT2D eigenvalue weighted by Gasteiger charge is 2.25. The van der Waals surface area contributed by atoms with Crippen molar-refractivity contribution in [3.05, 3.63) is 59.3 Å². The van der Waals surface area contributed by atoms with Crippen molar-refractivity contribution in [2.24, 2.45) is 0 Å². The third-order valence-electron chi connectivity index (χ3n) is 5.26. The van der Waals surface area contributed by atoms with E-state index in [1.54, 1.807) is 24.9 Å². The third kappa shape index (κ3) is 2.91. The van der Waals surface area contributed by atoms with Gasteiger partial charge < -0.3 is 13.9 Å². The maximum absolute atomic E-state index is 5.44. The van der Waals surface area contributed by atoms with E-state index < -0.39 is 0 Å². The SMILES string of the molecule is Cc1ncc2c(c1-c1noc(-c3ccoc3)n1)CCN(Cc1nc[nH]c1C)C2. The van der Waals surface area contributed by atoms with E-state index in [0.29, 0.717) is 11.7 Å². The van der Waals surface area contributed by atoms with E-state index >= 15 is 0 Å². The number of hydrogen-bond acceptors (Lipinski definition) is 7. The monoisotopic (exact) mass is 376 g/mol. The van der Waals surface area contributed by atoms with Crippen LogP contribution < -0.4 is 0 Å². The molecule has 5 rings (SSSR count). The lowest BCUT2D eigenvalue weighted by molar-refractivity contribution is 0.242. The van der Waals surface area contributed by atoms with Gasteiger partial charge in [0.1, 0.15) is 6.26 Å². The van der Waals surface area contributed by atoms with Gasteiger partial charge in [0.2, 0.25) is 5.82 Å². The molecule has 1 aliphatic heterocycles. The summed E-state index contributed by atoms with van der Waals surface area (Å²) in [6.45, 7) is 6.64. The van der Waals surface area contributed by atoms with Crippen LogP contribution >= 0.6 is 0 Å². The topological polar surface area (TPSA) is 96.9 Å². The fraction of sp³-hybridized carbons (Fsp3) is 0.300. The molecule has 8 nitrogen and oxygen atoms in total. The van der Waals surface area contributed by atoms with Crippen LogP contribution in [0.4, 0.5) is 0 Å². The Morgan fingerprint density at radius 3 is 2.96 bits per heavy atom. The van der Waals surface area contributed by atoms with Crippen molar-refractivity contribution in [1.82, 2.24) is 30.0 Å². The molecule has 0 saturated carbocycles. The van der Waals surface area contributed by atoms with Crippen LogP contribution in [-0.2, 0) is 19.5 Å². The Kier molecular flexibility index (Phi) is 4.05. The summed E-state index contributed by atoms with van der Waals surface area (Å²) in [6, 6.07) is 1.80. The Balaban J connectivity index is 1.45. The van der Waals surface area contributed by atoms with Gasteiger partial charge in [0.15, 0.2) is 0 Å². The van der Waals surface area contributed by atoms with Crippen LogP contribution in [0.1, 0.15) is 28.2 Å². The number of fused-ring (bicyclic) bond motifs is 1. The highest BCUT2D eigenvalue weighted by molar-refractivity contribution is 5.66. The summed E-state index contributed by atoms with van der Waals surface area (Å²) < 4.78 is 10.6. The normalized spacial score (nSPS) is 14.4. The second-order valence-corrected chi connectivity index (χ2v) is 7.09. The highest BCUT2D eigenvalue weighted by Crippen LogP contribution is 2.32. The van der Waals surface area contributed by atoms with E-state index in [1.165, 1.54) is 11.1 Å². The van der Waals surface area contributed by atoms with Gasteiger partial charge in [0.25, 0.3) is 5.89 Å². The Morgan fingerprint density at radius 1 is 1.25 bits per heavy atom. The average Bonchev–Trinajstić information content (AvgIpc) is 3.44. The molecule has 0 fully saturated rings. The zero-order chi connectivity index (χ0) is 19.1. The smallest absolute Gasteiger partial charge is 0.261 e. The van der Waals surface area contributed by atoms with E-state index in [-0.39, 0.29) is 0 Å². The fourth-order valence-corrected chi connectivity index (χ4v) is 3.73. The van der Waals surface area contributed by atoms with Gasteiger partial charge >= 0.3 is 0 Å². The highest BCUT2D eigenvalue weighted by atomic mass is 16.5. The number of nitrogens with one attached hydrogen (secondary N) is 1. The first-order valence-electron chi connectivity index (χ1n) is 9.24. The summed E-state index contributed by atoms with van der Waals surface area (Å²) in [4.78, 5) is 19.1. The predicted molar refractivity (Wildman–Crippen MR) is 101 cm³/mol. The molecule has 0 bridgehead atoms. The molecule has 28 heavy (non-hydrogen) atoms. The van der Waals surface area contributed by atoms with Gasteiger partial charge in [-0.15, -0.1) is 0 Å². The molecule has 4 aromatic rings. The van der Waals surface area contributed by atoms with E-state index in [4.69, 9.17) is 8.94 Å². The van der Waals surface area contributed by atoms with Crippen molar-refractivity contribution in [2.75, 3.05) is 6.54 Å². The van der Waals surface area contributed by atoms with Gasteiger partial charge in [-0.2, -0.15) is 4.98 Å². The van der Waals surface area contributed by atoms with Crippen molar-refractivity contribution >= 4 is 0 Å². The van der Waals surface area contributed by atoms with Crippen molar-refractivity contribution in [2.45, 2.75) is 33.4 Å². The maximum atomic E-state index is 5.44. The first kappa shape index (κ1) is 16.9. The van der Waals surface area contributed by atoms with Gasteiger partial charge in [0.05, 0.1) is 23.8 Å². The minimum Gasteiger partial charge on any atom is -0.472 e. The van der Waals surface area contributed by atoms with E-state index in [1.807, 2.05) is 13.1 Å². The number of imidazole rings is 1. The van der Waals surface area contributed by atoms with Crippen molar-refractivity contribution in [3.63, 3.8) is 0 Å². The molecule has 5 heterocycles. The number of H-pyrrole nitrogens is 1. The molecule has 0 unspecified atom stereocenters. The Hall–Kier alpha value is -3.26. The average molecular weight is 376 g/mol. The van der Waals surface area contributed by atoms with Crippen LogP contribution in [0, 0.1) is 13.8 Å². The van der Waals surface area contributed by atoms with Gasteiger partial charge in [0, 0.05) is 42.8 Å². The summed E-state index contributed by atoms with van der Waals surface area (Å²) >= 11 is 0. The molecule has 142 valence electrons. The molecular formula is C20H20N6O2. The Morgan fingerprint density at radius 2 is 2.18 bits per heavy atom. The molecule has 0 aliphatic carbocycles. The third-order valence-corrected chi connectivity index (χ3v) is 5.26. The second-order valence-electron chi connectivity index (χ2n) is 7.09. The van der Waals surface area contributed by atoms with Crippen LogP contribution in [0.3, 0.4) is 0 Å². The Labute approximate surface area is 161 Å². The van der Waals surface area contributed by atoms with E-state index in [2.05, 4.69) is 36.9 Å². The van der Waals surface area contributed by atoms with Gasteiger partial charge in [-0.05, 0) is 37.5 Å². The summed E-state index contributed by atoms with van der Waals surface area (Å²) in [5.74, 6) is 1.03. The van der Waals surface area contributed by atoms with Gasteiger partial charge in [-0.3, -0.25) is 9.88 Å². The standard InChI is InChI=1S/C20H20N6O2/c1-12-17(23-11-22-12)9-26-5-3-16-15(8-26)7-21-13(2)18(16)19-24-20(28-25-19)14-4-6-27-10-14/h4,6-7,10-11H,3,5,8-9H2,1-2H3,(H,22,23). The number of furan rings is 1. The van der Waals surface area contributed by atoms with Crippen LogP contribution in [0.5, 0.6) is 0 Å². The first-order chi connectivity index (χ1) is 13.7. The summed E-state index contributed by atoms with van der Waals surface area (Å²) in [6.07, 6.45) is 7.81. The quantitative estimate of drug-likeness (QED) is 0.584. The number of nitrogens with zero attached hydrogens (tertiary/aromatic N) is 5. The molecule has 0 aromatic carbocycles. The number of aromatic amines is 1. The summed E-state index contributed by atoms with van der Waals surface area (Å²) in [5.41, 5.74) is 7.33. The molecule has 8 heteroatoms. The van der Waals surface area contributed by atoms with Crippen LogP contribution in [0.25, 0.3) is 22.8 Å². The lowest BCUT2D eigenvalue weighted by atomic mass is 9.94. The van der Waals surface area contributed by atoms with Crippen LogP contribution in [-0.4, -0.2) is 36.5 Å². The molecule has 0 radical (unpaired) electrons. The fourth-order valence-electron chi connectivity index (χ4n) is 3.73. The molecular weight excluding hydrogens is 356 g/mol. The minimum absolute atomic E-state index is 0.451. The number of hydrogen-bond donors (Lipinski definition) is 1.